The average molecular weight is 196 g/mol. The number of rotatable bonds is 2. The van der Waals surface area contributed by atoms with Crippen LogP contribution in [-0.2, 0) is 4.74 Å². The molecule has 3 heteroatoms. The molecule has 2 rings (SSSR count). The molecule has 0 bridgehead atoms. The van der Waals surface area contributed by atoms with Gasteiger partial charge in [0, 0.05) is 26.1 Å². The summed E-state index contributed by atoms with van der Waals surface area (Å²) in [7, 11) is 1.80. The van der Waals surface area contributed by atoms with Crippen molar-refractivity contribution in [2.75, 3.05) is 13.7 Å². The molecule has 2 fully saturated rings. The Bertz CT molecular complexity index is 217. The van der Waals surface area contributed by atoms with Gasteiger partial charge in [0.15, 0.2) is 0 Å². The number of hydrogen-bond donors (Lipinski definition) is 1. The van der Waals surface area contributed by atoms with Crippen LogP contribution < -0.4 is 0 Å². The highest BCUT2D eigenvalue weighted by atomic mass is 16.5. The standard InChI is InChI=1S/C11H20N2O/c1-14-10-6-5-9(8-10)13-7-3-2-4-11(13)12/h9-10,12H,2-8H2,1H3. The van der Waals surface area contributed by atoms with Crippen LogP contribution in [0.1, 0.15) is 38.5 Å². The average Bonchev–Trinajstić information content (AvgIpc) is 2.67. The number of piperidine rings is 1. The van der Waals surface area contributed by atoms with E-state index in [1.54, 1.807) is 7.11 Å². The zero-order valence-corrected chi connectivity index (χ0v) is 8.96. The van der Waals surface area contributed by atoms with Crippen LogP contribution in [0, 0.1) is 5.41 Å². The summed E-state index contributed by atoms with van der Waals surface area (Å²) in [5.74, 6) is 0.859. The highest BCUT2D eigenvalue weighted by Gasteiger charge is 2.31. The minimum Gasteiger partial charge on any atom is -0.381 e. The molecule has 1 N–H and O–H groups in total. The van der Waals surface area contributed by atoms with Crippen molar-refractivity contribution in [3.05, 3.63) is 0 Å². The normalized spacial score (nSPS) is 33.8. The topological polar surface area (TPSA) is 36.3 Å². The molecule has 0 spiro atoms. The highest BCUT2D eigenvalue weighted by molar-refractivity contribution is 5.80. The van der Waals surface area contributed by atoms with E-state index < -0.39 is 0 Å². The molecule has 1 aliphatic carbocycles. The molecule has 1 saturated carbocycles. The zero-order chi connectivity index (χ0) is 9.97. The Hall–Kier alpha value is -0.570. The summed E-state index contributed by atoms with van der Waals surface area (Å²) in [4.78, 5) is 2.31. The maximum absolute atomic E-state index is 7.92. The van der Waals surface area contributed by atoms with Crippen LogP contribution in [0.5, 0.6) is 0 Å². The molecule has 0 aromatic carbocycles. The Morgan fingerprint density at radius 1 is 1.36 bits per heavy atom. The van der Waals surface area contributed by atoms with Gasteiger partial charge in [-0.2, -0.15) is 0 Å². The predicted octanol–water partition coefficient (Wildman–Crippen LogP) is 2.02. The third-order valence-electron chi connectivity index (χ3n) is 3.54. The Balaban J connectivity index is 1.91. The fourth-order valence-electron chi connectivity index (χ4n) is 2.67. The van der Waals surface area contributed by atoms with Crippen LogP contribution in [0.15, 0.2) is 0 Å². The third-order valence-corrected chi connectivity index (χ3v) is 3.54. The molecule has 0 radical (unpaired) electrons. The van der Waals surface area contributed by atoms with Gasteiger partial charge in [-0.15, -0.1) is 0 Å². The number of ether oxygens (including phenoxy) is 1. The maximum Gasteiger partial charge on any atom is 0.0960 e. The van der Waals surface area contributed by atoms with Crippen LogP contribution in [-0.4, -0.2) is 36.5 Å². The van der Waals surface area contributed by atoms with E-state index in [9.17, 15) is 0 Å². The number of amidine groups is 1. The zero-order valence-electron chi connectivity index (χ0n) is 8.96. The van der Waals surface area contributed by atoms with Gasteiger partial charge in [0.1, 0.15) is 0 Å². The molecule has 1 saturated heterocycles. The van der Waals surface area contributed by atoms with E-state index in [1.165, 1.54) is 25.7 Å². The second-order valence-electron chi connectivity index (χ2n) is 4.42. The number of nitrogens with zero attached hydrogens (tertiary/aromatic N) is 1. The fraction of sp³-hybridized carbons (Fsp3) is 0.909. The largest absolute Gasteiger partial charge is 0.381 e. The van der Waals surface area contributed by atoms with Crippen LogP contribution in [0.4, 0.5) is 0 Å². The van der Waals surface area contributed by atoms with E-state index in [4.69, 9.17) is 10.1 Å². The van der Waals surface area contributed by atoms with Crippen LogP contribution in [0.2, 0.25) is 0 Å². The quantitative estimate of drug-likeness (QED) is 0.733. The monoisotopic (exact) mass is 196 g/mol. The first-order valence-corrected chi connectivity index (χ1v) is 5.68. The third kappa shape index (κ3) is 1.92. The molecule has 1 aliphatic heterocycles. The summed E-state index contributed by atoms with van der Waals surface area (Å²) in [6.45, 7) is 1.10. The van der Waals surface area contributed by atoms with E-state index in [-0.39, 0.29) is 0 Å². The predicted molar refractivity (Wildman–Crippen MR) is 56.7 cm³/mol. The summed E-state index contributed by atoms with van der Waals surface area (Å²) in [6, 6.07) is 0.591. The summed E-state index contributed by atoms with van der Waals surface area (Å²) >= 11 is 0. The van der Waals surface area contributed by atoms with Gasteiger partial charge in [-0.25, -0.2) is 0 Å². The molecule has 0 aromatic rings. The molecular formula is C11H20N2O. The number of nitrogens with one attached hydrogen (secondary N) is 1. The molecule has 0 aromatic heterocycles. The molecule has 2 unspecified atom stereocenters. The number of hydrogen-bond acceptors (Lipinski definition) is 2. The fourth-order valence-corrected chi connectivity index (χ4v) is 2.67. The first-order valence-electron chi connectivity index (χ1n) is 5.68. The molecule has 14 heavy (non-hydrogen) atoms. The SMILES string of the molecule is COC1CCC(N2CCCCC2=N)C1. The summed E-state index contributed by atoms with van der Waals surface area (Å²) < 4.78 is 5.37. The van der Waals surface area contributed by atoms with Gasteiger partial charge in [0.25, 0.3) is 0 Å². The summed E-state index contributed by atoms with van der Waals surface area (Å²) in [6.07, 6.45) is 7.39. The van der Waals surface area contributed by atoms with Crippen molar-refractivity contribution in [3.63, 3.8) is 0 Å². The Morgan fingerprint density at radius 3 is 2.86 bits per heavy atom. The molecule has 1 heterocycles. The molecule has 3 nitrogen and oxygen atoms in total. The molecule has 0 amide bonds. The Morgan fingerprint density at radius 2 is 2.21 bits per heavy atom. The smallest absolute Gasteiger partial charge is 0.0960 e. The van der Waals surface area contributed by atoms with Crippen molar-refractivity contribution in [1.82, 2.24) is 4.90 Å². The van der Waals surface area contributed by atoms with Crippen molar-refractivity contribution in [1.29, 1.82) is 5.41 Å². The van der Waals surface area contributed by atoms with Gasteiger partial charge in [0.2, 0.25) is 0 Å². The molecule has 2 atom stereocenters. The van der Waals surface area contributed by atoms with Gasteiger partial charge >= 0.3 is 0 Å². The van der Waals surface area contributed by atoms with E-state index in [1.807, 2.05) is 0 Å². The van der Waals surface area contributed by atoms with Crippen molar-refractivity contribution in [2.24, 2.45) is 0 Å². The molecule has 80 valence electrons. The highest BCUT2D eigenvalue weighted by Crippen LogP contribution is 2.28. The Kier molecular flexibility index (Phi) is 3.06. The van der Waals surface area contributed by atoms with E-state index in [0.717, 1.165) is 25.2 Å². The van der Waals surface area contributed by atoms with Gasteiger partial charge in [-0.1, -0.05) is 0 Å². The lowest BCUT2D eigenvalue weighted by Crippen LogP contribution is -2.41. The van der Waals surface area contributed by atoms with Crippen molar-refractivity contribution >= 4 is 5.84 Å². The first-order chi connectivity index (χ1) is 6.81. The minimum absolute atomic E-state index is 0.440. The maximum atomic E-state index is 7.92. The van der Waals surface area contributed by atoms with Crippen LogP contribution in [0.25, 0.3) is 0 Å². The first kappa shape index (κ1) is 9.97. The van der Waals surface area contributed by atoms with E-state index in [2.05, 4.69) is 4.90 Å². The lowest BCUT2D eigenvalue weighted by Gasteiger charge is -2.34. The van der Waals surface area contributed by atoms with E-state index in [0.29, 0.717) is 12.1 Å². The van der Waals surface area contributed by atoms with Gasteiger partial charge in [0.05, 0.1) is 11.9 Å². The van der Waals surface area contributed by atoms with Crippen molar-refractivity contribution < 1.29 is 4.74 Å². The van der Waals surface area contributed by atoms with Gasteiger partial charge < -0.3 is 9.64 Å². The molecule has 2 aliphatic rings. The number of likely N-dealkylation sites (tertiary alicyclic amines) is 1. The lowest BCUT2D eigenvalue weighted by molar-refractivity contribution is 0.102. The van der Waals surface area contributed by atoms with E-state index >= 15 is 0 Å². The molecular weight excluding hydrogens is 176 g/mol. The van der Waals surface area contributed by atoms with Crippen LogP contribution in [0.3, 0.4) is 0 Å². The lowest BCUT2D eigenvalue weighted by atomic mass is 10.1. The second kappa shape index (κ2) is 4.30. The Labute approximate surface area is 85.9 Å². The van der Waals surface area contributed by atoms with Crippen LogP contribution >= 0.6 is 0 Å². The summed E-state index contributed by atoms with van der Waals surface area (Å²) in [5.41, 5.74) is 0. The van der Waals surface area contributed by atoms with Gasteiger partial charge in [-0.05, 0) is 32.1 Å². The minimum atomic E-state index is 0.440. The number of methoxy groups -OCH3 is 1. The van der Waals surface area contributed by atoms with Crippen molar-refractivity contribution in [3.8, 4) is 0 Å². The van der Waals surface area contributed by atoms with Gasteiger partial charge in [-0.3, -0.25) is 5.41 Å². The second-order valence-corrected chi connectivity index (χ2v) is 4.42. The summed E-state index contributed by atoms with van der Waals surface area (Å²) in [5, 5.41) is 7.92. The van der Waals surface area contributed by atoms with Crippen molar-refractivity contribution in [2.45, 2.75) is 50.7 Å².